The zero-order valence-electron chi connectivity index (χ0n) is 13.2. The van der Waals surface area contributed by atoms with Gasteiger partial charge in [-0.05, 0) is 23.7 Å². The molecule has 134 valence electrons. The molecule has 4 rings (SSSR count). The number of hydrogen-bond acceptors (Lipinski definition) is 7. The predicted octanol–water partition coefficient (Wildman–Crippen LogP) is 2.86. The van der Waals surface area contributed by atoms with E-state index < -0.39 is 18.5 Å². The second kappa shape index (κ2) is 7.16. The summed E-state index contributed by atoms with van der Waals surface area (Å²) >= 11 is 11.9. The van der Waals surface area contributed by atoms with Gasteiger partial charge in [-0.25, -0.2) is 14.8 Å². The number of esters is 1. The maximum atomic E-state index is 12.0. The van der Waals surface area contributed by atoms with Crippen molar-refractivity contribution in [2.75, 3.05) is 13.2 Å². The number of halogens is 2. The molecule has 10 heteroatoms. The average Bonchev–Trinajstić information content (AvgIpc) is 3.27. The van der Waals surface area contributed by atoms with Crippen molar-refractivity contribution in [1.82, 2.24) is 19.5 Å². The van der Waals surface area contributed by atoms with Crippen LogP contribution in [-0.4, -0.2) is 45.0 Å². The first-order chi connectivity index (χ1) is 12.6. The van der Waals surface area contributed by atoms with E-state index in [1.54, 1.807) is 28.8 Å². The molecular weight excluding hydrogens is 383 g/mol. The van der Waals surface area contributed by atoms with Crippen LogP contribution in [-0.2, 0) is 14.2 Å². The summed E-state index contributed by atoms with van der Waals surface area (Å²) in [5.74, 6) is -0.444. The maximum Gasteiger partial charge on any atom is 0.338 e. The Morgan fingerprint density at radius 2 is 2.08 bits per heavy atom. The van der Waals surface area contributed by atoms with E-state index in [0.29, 0.717) is 16.7 Å². The highest BCUT2D eigenvalue weighted by Crippen LogP contribution is 2.27. The highest BCUT2D eigenvalue weighted by molar-refractivity contribution is 6.35. The van der Waals surface area contributed by atoms with Gasteiger partial charge in [0.15, 0.2) is 23.3 Å². The number of fused-ring (bicyclic) bond motifs is 1. The van der Waals surface area contributed by atoms with Crippen LogP contribution in [0.5, 0.6) is 0 Å². The molecule has 1 aliphatic rings. The first-order valence-electron chi connectivity index (χ1n) is 7.66. The van der Waals surface area contributed by atoms with E-state index in [1.165, 1.54) is 6.33 Å². The number of carbonyl (C=O) groups excluding carboxylic acids is 1. The second-order valence-electron chi connectivity index (χ2n) is 5.43. The molecular formula is C16H12Cl2N4O4. The Balaban J connectivity index is 1.42. The van der Waals surface area contributed by atoms with Gasteiger partial charge in [-0.2, -0.15) is 4.98 Å². The van der Waals surface area contributed by atoms with E-state index in [-0.39, 0.29) is 23.7 Å². The largest absolute Gasteiger partial charge is 0.457 e. The number of aromatic nitrogens is 4. The lowest BCUT2D eigenvalue weighted by molar-refractivity contribution is -0.102. The molecule has 8 nitrogen and oxygen atoms in total. The minimum atomic E-state index is -0.696. The van der Waals surface area contributed by atoms with Crippen LogP contribution in [0, 0.1) is 0 Å². The van der Waals surface area contributed by atoms with Gasteiger partial charge in [0, 0.05) is 0 Å². The van der Waals surface area contributed by atoms with Gasteiger partial charge in [-0.15, -0.1) is 0 Å². The van der Waals surface area contributed by atoms with Crippen LogP contribution in [0.4, 0.5) is 0 Å². The standard InChI is InChI=1S/C16H12Cl2N4O4/c17-13-12-14(21-16(18)20-13)22(8-19-12)10-6-24-11(26-10)7-25-15(23)9-4-2-1-3-5-9/h1-5,8,10-11H,6-7H2/t10-,11-/m0/s1. The van der Waals surface area contributed by atoms with Gasteiger partial charge in [0.25, 0.3) is 0 Å². The quantitative estimate of drug-likeness (QED) is 0.381. The zero-order chi connectivity index (χ0) is 18.1. The molecule has 0 saturated carbocycles. The van der Waals surface area contributed by atoms with E-state index in [0.717, 1.165) is 0 Å². The highest BCUT2D eigenvalue weighted by Gasteiger charge is 2.30. The molecule has 0 aliphatic carbocycles. The number of nitrogens with zero attached hydrogens (tertiary/aromatic N) is 4. The Labute approximate surface area is 157 Å². The van der Waals surface area contributed by atoms with Crippen LogP contribution in [0.15, 0.2) is 36.7 Å². The molecule has 2 atom stereocenters. The summed E-state index contributed by atoms with van der Waals surface area (Å²) < 4.78 is 18.2. The van der Waals surface area contributed by atoms with Crippen LogP contribution in [0.1, 0.15) is 16.6 Å². The van der Waals surface area contributed by atoms with Crippen molar-refractivity contribution in [1.29, 1.82) is 0 Å². The van der Waals surface area contributed by atoms with Crippen molar-refractivity contribution in [2.45, 2.75) is 12.5 Å². The van der Waals surface area contributed by atoms with Crippen molar-refractivity contribution < 1.29 is 19.0 Å². The smallest absolute Gasteiger partial charge is 0.338 e. The summed E-state index contributed by atoms with van der Waals surface area (Å²) in [6.07, 6.45) is 0.328. The van der Waals surface area contributed by atoms with E-state index in [4.69, 9.17) is 37.4 Å². The average molecular weight is 395 g/mol. The van der Waals surface area contributed by atoms with Crippen LogP contribution in [0.2, 0.25) is 10.4 Å². The molecule has 1 aromatic carbocycles. The molecule has 0 spiro atoms. The Bertz CT molecular complexity index is 950. The summed E-state index contributed by atoms with van der Waals surface area (Å²) in [5.41, 5.74) is 1.31. The molecule has 26 heavy (non-hydrogen) atoms. The van der Waals surface area contributed by atoms with E-state index >= 15 is 0 Å². The van der Waals surface area contributed by atoms with Crippen molar-refractivity contribution in [2.24, 2.45) is 0 Å². The second-order valence-corrected chi connectivity index (χ2v) is 6.12. The van der Waals surface area contributed by atoms with Gasteiger partial charge in [-0.3, -0.25) is 4.57 Å². The number of rotatable bonds is 4. The van der Waals surface area contributed by atoms with E-state index in [1.807, 2.05) is 6.07 Å². The first kappa shape index (κ1) is 17.2. The number of benzene rings is 1. The molecule has 0 radical (unpaired) electrons. The van der Waals surface area contributed by atoms with Crippen LogP contribution >= 0.6 is 23.2 Å². The fourth-order valence-electron chi connectivity index (χ4n) is 2.55. The summed E-state index contributed by atoms with van der Waals surface area (Å²) in [6, 6.07) is 8.69. The Morgan fingerprint density at radius 3 is 2.88 bits per heavy atom. The fraction of sp³-hybridized carbons (Fsp3) is 0.250. The summed E-state index contributed by atoms with van der Waals surface area (Å²) in [6.45, 7) is 0.200. The molecule has 1 saturated heterocycles. The summed E-state index contributed by atoms with van der Waals surface area (Å²) in [5, 5.41) is 0.169. The molecule has 3 aromatic rings. The van der Waals surface area contributed by atoms with Crippen LogP contribution in [0.3, 0.4) is 0 Å². The highest BCUT2D eigenvalue weighted by atomic mass is 35.5. The zero-order valence-corrected chi connectivity index (χ0v) is 14.7. The van der Waals surface area contributed by atoms with Crippen molar-refractivity contribution >= 4 is 40.3 Å². The predicted molar refractivity (Wildman–Crippen MR) is 91.9 cm³/mol. The number of imidazole rings is 1. The van der Waals surface area contributed by atoms with Gasteiger partial charge < -0.3 is 14.2 Å². The number of carbonyl (C=O) groups is 1. The molecule has 3 heterocycles. The molecule has 2 aromatic heterocycles. The Hall–Kier alpha value is -2.26. The van der Waals surface area contributed by atoms with Crippen molar-refractivity contribution in [3.05, 3.63) is 52.7 Å². The lowest BCUT2D eigenvalue weighted by Crippen LogP contribution is -2.20. The van der Waals surface area contributed by atoms with Crippen LogP contribution < -0.4 is 0 Å². The number of hydrogen-bond donors (Lipinski definition) is 0. The van der Waals surface area contributed by atoms with Gasteiger partial charge >= 0.3 is 5.97 Å². The van der Waals surface area contributed by atoms with Gasteiger partial charge in [-0.1, -0.05) is 29.8 Å². The number of ether oxygens (including phenoxy) is 3. The third kappa shape index (κ3) is 3.36. The fourth-order valence-corrected chi connectivity index (χ4v) is 2.97. The molecule has 0 unspecified atom stereocenters. The molecule has 0 bridgehead atoms. The SMILES string of the molecule is O=C(OC[C@H]1OC[C@@H](n2cnc3c(Cl)nc(Cl)nc32)O1)c1ccccc1. The summed E-state index contributed by atoms with van der Waals surface area (Å²) in [7, 11) is 0. The monoisotopic (exact) mass is 394 g/mol. The third-order valence-electron chi connectivity index (χ3n) is 3.76. The summed E-state index contributed by atoms with van der Waals surface area (Å²) in [4.78, 5) is 24.1. The van der Waals surface area contributed by atoms with E-state index in [9.17, 15) is 4.79 Å². The van der Waals surface area contributed by atoms with Gasteiger partial charge in [0.05, 0.1) is 18.5 Å². The maximum absolute atomic E-state index is 12.0. The lowest BCUT2D eigenvalue weighted by atomic mass is 10.2. The minimum Gasteiger partial charge on any atom is -0.457 e. The molecule has 1 aliphatic heterocycles. The van der Waals surface area contributed by atoms with Crippen LogP contribution in [0.25, 0.3) is 11.2 Å². The molecule has 1 fully saturated rings. The topological polar surface area (TPSA) is 88.4 Å². The van der Waals surface area contributed by atoms with Crippen molar-refractivity contribution in [3.8, 4) is 0 Å². The normalized spacial score (nSPS) is 19.8. The van der Waals surface area contributed by atoms with E-state index in [2.05, 4.69) is 15.0 Å². The molecule has 0 N–H and O–H groups in total. The molecule has 0 amide bonds. The lowest BCUT2D eigenvalue weighted by Gasteiger charge is -2.13. The van der Waals surface area contributed by atoms with Gasteiger partial charge in [0.2, 0.25) is 5.28 Å². The first-order valence-corrected chi connectivity index (χ1v) is 8.42. The third-order valence-corrected chi connectivity index (χ3v) is 4.19. The van der Waals surface area contributed by atoms with Crippen molar-refractivity contribution in [3.63, 3.8) is 0 Å². The Kier molecular flexibility index (Phi) is 4.73. The minimum absolute atomic E-state index is 0.0107. The Morgan fingerprint density at radius 1 is 1.27 bits per heavy atom. The van der Waals surface area contributed by atoms with Gasteiger partial charge in [0.1, 0.15) is 12.1 Å².